The van der Waals surface area contributed by atoms with E-state index in [4.69, 9.17) is 14.2 Å². The largest absolute Gasteiger partial charge is 0.507 e. The molecule has 8 nitrogen and oxygen atoms in total. The Kier molecular flexibility index (Phi) is 6.53. The molecule has 1 aromatic rings. The number of carbonyl (C=O) groups excluding carboxylic acids is 2. The first-order valence-electron chi connectivity index (χ1n) is 16.5. The van der Waals surface area contributed by atoms with Crippen LogP contribution in [0.5, 0.6) is 17.2 Å². The van der Waals surface area contributed by atoms with Crippen LogP contribution in [0, 0.1) is 23.7 Å². The zero-order chi connectivity index (χ0) is 33.3. The molecule has 4 aliphatic carbocycles. The quantitative estimate of drug-likeness (QED) is 0.331. The Morgan fingerprint density at radius 1 is 1.15 bits per heavy atom. The average Bonchev–Trinajstić information content (AvgIpc) is 3.11. The number of phenols is 1. The number of carbonyl (C=O) groups is 3. The summed E-state index contributed by atoms with van der Waals surface area (Å²) in [5.74, 6) is -2.91. The molecule has 1 aromatic carbocycles. The lowest BCUT2D eigenvalue weighted by atomic mass is 9.51. The molecule has 2 saturated carbocycles. The molecular weight excluding hydrogens is 584 g/mol. The highest BCUT2D eigenvalue weighted by Gasteiger charge is 2.81. The predicted molar refractivity (Wildman–Crippen MR) is 171 cm³/mol. The van der Waals surface area contributed by atoms with Crippen molar-refractivity contribution in [3.05, 3.63) is 64.3 Å². The molecule has 3 unspecified atom stereocenters. The zero-order valence-corrected chi connectivity index (χ0v) is 27.8. The van der Waals surface area contributed by atoms with Crippen molar-refractivity contribution in [1.82, 2.24) is 0 Å². The fourth-order valence-electron chi connectivity index (χ4n) is 9.48. The number of phenolic OH excluding ortho intramolecular Hbond substituents is 1. The Balaban J connectivity index is 1.53. The third kappa shape index (κ3) is 3.85. The number of carboxylic acid groups (broad SMARTS) is 1. The van der Waals surface area contributed by atoms with E-state index in [1.54, 1.807) is 6.08 Å². The summed E-state index contributed by atoms with van der Waals surface area (Å²) in [5, 5.41) is 21.9. The minimum Gasteiger partial charge on any atom is -0.507 e. The van der Waals surface area contributed by atoms with Crippen LogP contribution in [0.1, 0.15) is 102 Å². The summed E-state index contributed by atoms with van der Waals surface area (Å²) in [6, 6.07) is 0. The van der Waals surface area contributed by atoms with Crippen molar-refractivity contribution in [3.63, 3.8) is 0 Å². The van der Waals surface area contributed by atoms with E-state index in [2.05, 4.69) is 19.6 Å². The number of fused-ring (bicyclic) bond motifs is 5. The Labute approximate surface area is 270 Å². The van der Waals surface area contributed by atoms with Gasteiger partial charge in [0.15, 0.2) is 22.8 Å². The van der Waals surface area contributed by atoms with Crippen molar-refractivity contribution >= 4 is 17.5 Å². The van der Waals surface area contributed by atoms with Crippen LogP contribution in [0.15, 0.2) is 47.6 Å². The summed E-state index contributed by atoms with van der Waals surface area (Å²) in [6.45, 7) is 17.7. The smallest absolute Gasteiger partial charge is 0.310 e. The number of aliphatic carboxylic acids is 1. The van der Waals surface area contributed by atoms with E-state index < -0.39 is 46.1 Å². The van der Waals surface area contributed by atoms with Crippen LogP contribution >= 0.6 is 0 Å². The molecular formula is C38H44O8. The van der Waals surface area contributed by atoms with Crippen LogP contribution in [0.3, 0.4) is 0 Å². The molecule has 8 heteroatoms. The minimum atomic E-state index is -1.72. The van der Waals surface area contributed by atoms with Crippen LogP contribution in [0.2, 0.25) is 0 Å². The first-order chi connectivity index (χ1) is 21.5. The predicted octanol–water partition coefficient (Wildman–Crippen LogP) is 6.80. The van der Waals surface area contributed by atoms with Gasteiger partial charge < -0.3 is 24.4 Å². The van der Waals surface area contributed by atoms with Gasteiger partial charge in [-0.1, -0.05) is 36.0 Å². The number of rotatable bonds is 6. The van der Waals surface area contributed by atoms with Gasteiger partial charge in [0.05, 0.1) is 11.5 Å². The third-order valence-electron chi connectivity index (χ3n) is 11.7. The minimum absolute atomic E-state index is 0.0805. The van der Waals surface area contributed by atoms with Crippen LogP contribution in [0.4, 0.5) is 0 Å². The maximum absolute atomic E-state index is 14.9. The van der Waals surface area contributed by atoms with Crippen LogP contribution in [-0.2, 0) is 20.7 Å². The molecule has 0 aromatic heterocycles. The number of allylic oxidation sites excluding steroid dienone is 4. The lowest BCUT2D eigenvalue weighted by Gasteiger charge is -2.56. The summed E-state index contributed by atoms with van der Waals surface area (Å²) in [4.78, 5) is 41.1. The van der Waals surface area contributed by atoms with Gasteiger partial charge in [-0.3, -0.25) is 14.4 Å². The average molecular weight is 629 g/mol. The zero-order valence-electron chi connectivity index (χ0n) is 27.8. The SMILES string of the molecule is C=C(C)[C@@H]1CC[C@@]2(C)CC1c1c(O)c3c(c(CC=C(C)C)c1O2)O[C@]12C(=C[C@@H]4CC1C(C)(C)O[C@@]2(/C=C/C(C)C(=O)O)C4=O)C3=O. The van der Waals surface area contributed by atoms with Gasteiger partial charge in [0, 0.05) is 34.5 Å². The van der Waals surface area contributed by atoms with E-state index in [9.17, 15) is 24.6 Å². The van der Waals surface area contributed by atoms with Crippen LogP contribution < -0.4 is 9.47 Å². The molecule has 7 aliphatic rings. The number of Topliss-reactive ketones (excluding diaryl/α,β-unsaturated/α-hetero) is 2. The molecule has 1 spiro atoms. The van der Waals surface area contributed by atoms with Crippen molar-refractivity contribution in [2.24, 2.45) is 23.7 Å². The number of ether oxygens (including phenoxy) is 3. The molecule has 6 bridgehead atoms. The number of hydrogen-bond acceptors (Lipinski definition) is 7. The fraction of sp³-hybridized carbons (Fsp3) is 0.553. The van der Waals surface area contributed by atoms with Crippen molar-refractivity contribution in [1.29, 1.82) is 0 Å². The van der Waals surface area contributed by atoms with Gasteiger partial charge in [0.25, 0.3) is 0 Å². The summed E-state index contributed by atoms with van der Waals surface area (Å²) < 4.78 is 20.7. The van der Waals surface area contributed by atoms with E-state index in [1.165, 1.54) is 19.1 Å². The van der Waals surface area contributed by atoms with Crippen molar-refractivity contribution in [2.75, 3.05) is 0 Å². The summed E-state index contributed by atoms with van der Waals surface area (Å²) in [5.41, 5.74) is -0.819. The van der Waals surface area contributed by atoms with Crippen molar-refractivity contribution in [3.8, 4) is 17.2 Å². The first kappa shape index (κ1) is 31.0. The third-order valence-corrected chi connectivity index (χ3v) is 11.7. The van der Waals surface area contributed by atoms with E-state index in [-0.39, 0.29) is 40.5 Å². The second-order valence-corrected chi connectivity index (χ2v) is 15.5. The normalized spacial score (nSPS) is 36.5. The standard InChI is InChI=1S/C38H44O8/c1-18(2)9-10-23-31-27(24-17-36(8,44-31)13-12-22(24)19(3)4)30(40)28-29(39)25-15-21-16-26-35(6,7)46-37(33(21)41,14-11-20(5)34(42)43)38(25,26)45-32(23)28/h9,11,14-15,20-22,24,26,40H,3,10,12-13,16-17H2,1-2,4-8H3,(H,42,43)/b14-11+/t20?,21-,22+,24?,26?,36+,37+,38-/m1/s1. The molecule has 8 rings (SSSR count). The Hall–Kier alpha value is -3.65. The monoisotopic (exact) mass is 628 g/mol. The van der Waals surface area contributed by atoms with E-state index in [0.717, 1.165) is 24.0 Å². The molecule has 3 aliphatic heterocycles. The second kappa shape index (κ2) is 9.69. The van der Waals surface area contributed by atoms with E-state index >= 15 is 0 Å². The molecule has 46 heavy (non-hydrogen) atoms. The Bertz CT molecular complexity index is 1720. The summed E-state index contributed by atoms with van der Waals surface area (Å²) >= 11 is 0. The maximum atomic E-state index is 14.9. The maximum Gasteiger partial charge on any atom is 0.310 e. The second-order valence-electron chi connectivity index (χ2n) is 15.5. The fourth-order valence-corrected chi connectivity index (χ4v) is 9.48. The lowest BCUT2D eigenvalue weighted by Crippen LogP contribution is -2.71. The molecule has 0 radical (unpaired) electrons. The van der Waals surface area contributed by atoms with Gasteiger partial charge in [0.2, 0.25) is 0 Å². The van der Waals surface area contributed by atoms with Gasteiger partial charge in [-0.25, -0.2) is 0 Å². The van der Waals surface area contributed by atoms with E-state index in [0.29, 0.717) is 41.7 Å². The molecule has 244 valence electrons. The van der Waals surface area contributed by atoms with Crippen molar-refractivity contribution in [2.45, 2.75) is 109 Å². The molecule has 2 N–H and O–H groups in total. The topological polar surface area (TPSA) is 119 Å². The highest BCUT2D eigenvalue weighted by molar-refractivity contribution is 6.19. The lowest BCUT2D eigenvalue weighted by molar-refractivity contribution is -0.160. The first-order valence-corrected chi connectivity index (χ1v) is 16.5. The Morgan fingerprint density at radius 2 is 1.87 bits per heavy atom. The van der Waals surface area contributed by atoms with Crippen LogP contribution in [-0.4, -0.2) is 50.2 Å². The summed E-state index contributed by atoms with van der Waals surface area (Å²) in [7, 11) is 0. The molecule has 3 heterocycles. The number of ketones is 2. The highest BCUT2D eigenvalue weighted by atomic mass is 16.6. The van der Waals surface area contributed by atoms with Crippen molar-refractivity contribution < 1.29 is 38.8 Å². The molecule has 3 fully saturated rings. The summed E-state index contributed by atoms with van der Waals surface area (Å²) in [6.07, 6.45) is 9.97. The van der Waals surface area contributed by atoms with E-state index in [1.807, 2.05) is 34.6 Å². The van der Waals surface area contributed by atoms with Gasteiger partial charge >= 0.3 is 5.97 Å². The number of aromatic hydroxyl groups is 1. The molecule has 0 amide bonds. The van der Waals surface area contributed by atoms with Gasteiger partial charge in [0.1, 0.15) is 28.4 Å². The highest BCUT2D eigenvalue weighted by Crippen LogP contribution is 2.69. The van der Waals surface area contributed by atoms with Gasteiger partial charge in [-0.15, -0.1) is 0 Å². The van der Waals surface area contributed by atoms with Gasteiger partial charge in [-0.05, 0) is 92.6 Å². The number of carboxylic acids is 1. The van der Waals surface area contributed by atoms with Crippen LogP contribution in [0.25, 0.3) is 0 Å². The number of benzene rings is 1. The number of hydrogen-bond donors (Lipinski definition) is 2. The molecule has 1 saturated heterocycles. The van der Waals surface area contributed by atoms with Gasteiger partial charge in [-0.2, -0.15) is 0 Å². The molecule has 8 atom stereocenters. The Morgan fingerprint density at radius 3 is 2.52 bits per heavy atom.